The molecular formula is C22H19N3O2S2. The fourth-order valence-corrected chi connectivity index (χ4v) is 4.24. The number of benzene rings is 2. The summed E-state index contributed by atoms with van der Waals surface area (Å²) in [6.45, 7) is 0. The number of nitrogens with zero attached hydrogens (tertiary/aromatic N) is 2. The minimum Gasteiger partial charge on any atom is -0.493 e. The molecule has 0 amide bonds. The summed E-state index contributed by atoms with van der Waals surface area (Å²) in [7, 11) is 3.23. The van der Waals surface area contributed by atoms with E-state index in [1.54, 1.807) is 31.8 Å². The number of nitrogens with one attached hydrogen (secondary N) is 1. The SMILES string of the molecule is COc1ccc(NC(=S)Cc2cccc(-c3nc4ccncc4s3)c2)cc1OC. The normalized spacial score (nSPS) is 10.7. The monoisotopic (exact) mass is 421 g/mol. The van der Waals surface area contributed by atoms with E-state index in [1.165, 1.54) is 0 Å². The van der Waals surface area contributed by atoms with Gasteiger partial charge in [-0.15, -0.1) is 11.3 Å². The highest BCUT2D eigenvalue weighted by Gasteiger charge is 2.09. The van der Waals surface area contributed by atoms with Crippen LogP contribution < -0.4 is 14.8 Å². The number of pyridine rings is 1. The Morgan fingerprint density at radius 2 is 1.93 bits per heavy atom. The van der Waals surface area contributed by atoms with Crippen LogP contribution >= 0.6 is 23.6 Å². The summed E-state index contributed by atoms with van der Waals surface area (Å²) < 4.78 is 11.7. The fraction of sp³-hybridized carbons (Fsp3) is 0.136. The zero-order valence-electron chi connectivity index (χ0n) is 16.0. The van der Waals surface area contributed by atoms with Crippen LogP contribution in [0.4, 0.5) is 5.69 Å². The number of rotatable bonds is 6. The average molecular weight is 422 g/mol. The van der Waals surface area contributed by atoms with Gasteiger partial charge < -0.3 is 14.8 Å². The maximum atomic E-state index is 5.57. The van der Waals surface area contributed by atoms with E-state index in [0.717, 1.165) is 37.0 Å². The minimum absolute atomic E-state index is 0.629. The first-order valence-electron chi connectivity index (χ1n) is 8.98. The van der Waals surface area contributed by atoms with Gasteiger partial charge in [0.25, 0.3) is 0 Å². The molecule has 29 heavy (non-hydrogen) atoms. The van der Waals surface area contributed by atoms with Crippen LogP contribution in [0.15, 0.2) is 60.9 Å². The molecule has 0 spiro atoms. The van der Waals surface area contributed by atoms with E-state index in [9.17, 15) is 0 Å². The third-order valence-electron chi connectivity index (χ3n) is 4.40. The molecule has 0 saturated carbocycles. The predicted molar refractivity (Wildman–Crippen MR) is 122 cm³/mol. The molecule has 0 radical (unpaired) electrons. The number of anilines is 1. The van der Waals surface area contributed by atoms with Crippen LogP contribution in [0, 0.1) is 0 Å². The van der Waals surface area contributed by atoms with Gasteiger partial charge in [0.1, 0.15) is 5.01 Å². The second-order valence-electron chi connectivity index (χ2n) is 6.36. The van der Waals surface area contributed by atoms with Crippen LogP contribution in [-0.4, -0.2) is 29.2 Å². The Balaban J connectivity index is 1.49. The second kappa shape index (κ2) is 8.55. The van der Waals surface area contributed by atoms with Gasteiger partial charge in [0.15, 0.2) is 11.5 Å². The molecule has 4 aromatic rings. The Morgan fingerprint density at radius 1 is 1.07 bits per heavy atom. The molecule has 146 valence electrons. The third kappa shape index (κ3) is 4.36. The quantitative estimate of drug-likeness (QED) is 0.423. The summed E-state index contributed by atoms with van der Waals surface area (Å²) in [4.78, 5) is 9.60. The number of methoxy groups -OCH3 is 2. The zero-order chi connectivity index (χ0) is 20.2. The molecule has 2 aromatic carbocycles. The molecule has 0 bridgehead atoms. The van der Waals surface area contributed by atoms with E-state index in [2.05, 4.69) is 28.5 Å². The van der Waals surface area contributed by atoms with Crippen LogP contribution in [0.25, 0.3) is 20.8 Å². The van der Waals surface area contributed by atoms with Crippen LogP contribution in [0.2, 0.25) is 0 Å². The van der Waals surface area contributed by atoms with Crippen LogP contribution in [0.1, 0.15) is 5.56 Å². The average Bonchev–Trinajstić information content (AvgIpc) is 3.18. The van der Waals surface area contributed by atoms with Crippen molar-refractivity contribution in [3.63, 3.8) is 0 Å². The molecule has 1 N–H and O–H groups in total. The van der Waals surface area contributed by atoms with Gasteiger partial charge in [-0.1, -0.05) is 30.4 Å². The summed E-state index contributed by atoms with van der Waals surface area (Å²) in [6.07, 6.45) is 4.24. The Labute approximate surface area is 178 Å². The first-order valence-corrected chi connectivity index (χ1v) is 10.2. The van der Waals surface area contributed by atoms with Crippen molar-refractivity contribution in [3.8, 4) is 22.1 Å². The summed E-state index contributed by atoms with van der Waals surface area (Å²) in [5.41, 5.74) is 4.04. The lowest BCUT2D eigenvalue weighted by Gasteiger charge is -2.12. The number of aromatic nitrogens is 2. The lowest BCUT2D eigenvalue weighted by Crippen LogP contribution is -2.12. The van der Waals surface area contributed by atoms with Crippen molar-refractivity contribution in [1.82, 2.24) is 9.97 Å². The van der Waals surface area contributed by atoms with Gasteiger partial charge in [-0.2, -0.15) is 0 Å². The Bertz CT molecular complexity index is 1140. The molecule has 5 nitrogen and oxygen atoms in total. The Morgan fingerprint density at radius 3 is 2.72 bits per heavy atom. The summed E-state index contributed by atoms with van der Waals surface area (Å²) in [6, 6.07) is 15.9. The van der Waals surface area contributed by atoms with Crippen LogP contribution in [0.5, 0.6) is 11.5 Å². The largest absolute Gasteiger partial charge is 0.493 e. The molecule has 0 saturated heterocycles. The Kier molecular flexibility index (Phi) is 5.69. The minimum atomic E-state index is 0.629. The maximum absolute atomic E-state index is 5.57. The van der Waals surface area contributed by atoms with Gasteiger partial charge in [0.2, 0.25) is 0 Å². The molecule has 0 aliphatic carbocycles. The van der Waals surface area contributed by atoms with Gasteiger partial charge in [0, 0.05) is 36.1 Å². The topological polar surface area (TPSA) is 56.3 Å². The standard InChI is InChI=1S/C22H19N3O2S2/c1-26-18-7-6-16(12-19(18)27-2)24-21(28)11-14-4-3-5-15(10-14)22-25-17-8-9-23-13-20(17)29-22/h3-10,12-13H,11H2,1-2H3,(H,24,28). The molecule has 7 heteroatoms. The Hall–Kier alpha value is -3.03. The smallest absolute Gasteiger partial charge is 0.162 e. The van der Waals surface area contributed by atoms with Gasteiger partial charge >= 0.3 is 0 Å². The van der Waals surface area contributed by atoms with Crippen LogP contribution in [0.3, 0.4) is 0 Å². The van der Waals surface area contributed by atoms with E-state index in [1.807, 2.05) is 36.5 Å². The van der Waals surface area contributed by atoms with Crippen molar-refractivity contribution in [2.75, 3.05) is 19.5 Å². The lowest BCUT2D eigenvalue weighted by molar-refractivity contribution is 0.355. The number of thiocarbonyl (C=S) groups is 1. The number of hydrogen-bond donors (Lipinski definition) is 1. The third-order valence-corrected chi connectivity index (χ3v) is 5.70. The number of ether oxygens (including phenoxy) is 2. The van der Waals surface area contributed by atoms with Crippen molar-refractivity contribution >= 4 is 44.4 Å². The van der Waals surface area contributed by atoms with Gasteiger partial charge in [-0.05, 0) is 29.8 Å². The van der Waals surface area contributed by atoms with E-state index in [-0.39, 0.29) is 0 Å². The summed E-state index contributed by atoms with van der Waals surface area (Å²) >= 11 is 7.21. The molecule has 0 aliphatic rings. The van der Waals surface area contributed by atoms with Crippen LogP contribution in [-0.2, 0) is 6.42 Å². The molecule has 0 fully saturated rings. The highest BCUT2D eigenvalue weighted by atomic mass is 32.1. The molecule has 4 rings (SSSR count). The van der Waals surface area contributed by atoms with Gasteiger partial charge in [-0.25, -0.2) is 4.98 Å². The van der Waals surface area contributed by atoms with Crippen molar-refractivity contribution in [2.45, 2.75) is 6.42 Å². The highest BCUT2D eigenvalue weighted by Crippen LogP contribution is 2.31. The predicted octanol–water partition coefficient (Wildman–Crippen LogP) is 5.36. The fourth-order valence-electron chi connectivity index (χ4n) is 3.02. The van der Waals surface area contributed by atoms with Gasteiger partial charge in [0.05, 0.1) is 29.4 Å². The number of thiazole rings is 1. The highest BCUT2D eigenvalue weighted by molar-refractivity contribution is 7.80. The second-order valence-corrected chi connectivity index (χ2v) is 7.88. The van der Waals surface area contributed by atoms with E-state index < -0.39 is 0 Å². The summed E-state index contributed by atoms with van der Waals surface area (Å²) in [5.74, 6) is 1.34. The van der Waals surface area contributed by atoms with Crippen molar-refractivity contribution in [2.24, 2.45) is 0 Å². The number of fused-ring (bicyclic) bond motifs is 1. The van der Waals surface area contributed by atoms with Crippen molar-refractivity contribution in [1.29, 1.82) is 0 Å². The van der Waals surface area contributed by atoms with Gasteiger partial charge in [-0.3, -0.25) is 4.98 Å². The lowest BCUT2D eigenvalue weighted by atomic mass is 10.1. The number of hydrogen-bond acceptors (Lipinski definition) is 6. The summed E-state index contributed by atoms with van der Waals surface area (Å²) in [5, 5.41) is 4.25. The van der Waals surface area contributed by atoms with E-state index in [0.29, 0.717) is 17.9 Å². The molecule has 0 atom stereocenters. The first-order chi connectivity index (χ1) is 14.2. The van der Waals surface area contributed by atoms with Crippen molar-refractivity contribution in [3.05, 3.63) is 66.5 Å². The van der Waals surface area contributed by atoms with Crippen molar-refractivity contribution < 1.29 is 9.47 Å². The molecule has 2 aromatic heterocycles. The molecule has 0 aliphatic heterocycles. The molecule has 0 unspecified atom stereocenters. The van der Waals surface area contributed by atoms with E-state index >= 15 is 0 Å². The molecule has 2 heterocycles. The first kappa shape index (κ1) is 19.3. The maximum Gasteiger partial charge on any atom is 0.162 e. The zero-order valence-corrected chi connectivity index (χ0v) is 17.6. The van der Waals surface area contributed by atoms with E-state index in [4.69, 9.17) is 26.7 Å². The molecular weight excluding hydrogens is 402 g/mol.